The van der Waals surface area contributed by atoms with Crippen molar-refractivity contribution in [2.45, 2.75) is 26.3 Å². The van der Waals surface area contributed by atoms with Crippen molar-refractivity contribution in [3.05, 3.63) is 33.9 Å². The molecule has 1 atom stereocenters. The zero-order valence-corrected chi connectivity index (χ0v) is 12.1. The van der Waals surface area contributed by atoms with Gasteiger partial charge in [0, 0.05) is 17.7 Å². The Morgan fingerprint density at radius 2 is 2.14 bits per heavy atom. The zero-order chi connectivity index (χ0) is 16.7. The molecule has 0 aliphatic carbocycles. The molecule has 1 rings (SSSR count). The number of nitrogens with zero attached hydrogens (tertiary/aromatic N) is 2. The SMILES string of the molecule is CC[C@@H](C)NC(=O)C(=O)N/N=C\c1ccc(O)c([N+](=O)[O-])c1. The molecule has 0 heterocycles. The van der Waals surface area contributed by atoms with Gasteiger partial charge in [0.25, 0.3) is 0 Å². The molecule has 0 aliphatic rings. The number of hydrazone groups is 1. The molecule has 22 heavy (non-hydrogen) atoms. The lowest BCUT2D eigenvalue weighted by atomic mass is 10.2. The maximum absolute atomic E-state index is 11.4. The smallest absolute Gasteiger partial charge is 0.329 e. The molecule has 9 nitrogen and oxygen atoms in total. The van der Waals surface area contributed by atoms with E-state index in [1.807, 2.05) is 12.3 Å². The average molecular weight is 308 g/mol. The van der Waals surface area contributed by atoms with Crippen molar-refractivity contribution in [1.82, 2.24) is 10.7 Å². The van der Waals surface area contributed by atoms with Crippen LogP contribution in [-0.2, 0) is 9.59 Å². The van der Waals surface area contributed by atoms with Gasteiger partial charge in [-0.15, -0.1) is 0 Å². The third kappa shape index (κ3) is 4.85. The molecule has 1 aromatic carbocycles. The molecule has 0 saturated carbocycles. The number of nitro benzene ring substituents is 1. The number of carbonyl (C=O) groups excluding carboxylic acids is 2. The fourth-order valence-corrected chi connectivity index (χ4v) is 1.37. The Kier molecular flexibility index (Phi) is 5.99. The molecule has 0 bridgehead atoms. The van der Waals surface area contributed by atoms with Gasteiger partial charge in [0.2, 0.25) is 0 Å². The van der Waals surface area contributed by atoms with E-state index in [0.29, 0.717) is 6.42 Å². The van der Waals surface area contributed by atoms with Crippen LogP contribution in [0.15, 0.2) is 23.3 Å². The number of nitro groups is 1. The predicted octanol–water partition coefficient (Wildman–Crippen LogP) is 0.665. The van der Waals surface area contributed by atoms with Crippen LogP contribution < -0.4 is 10.7 Å². The second-order valence-corrected chi connectivity index (χ2v) is 4.49. The van der Waals surface area contributed by atoms with Crippen LogP contribution in [-0.4, -0.2) is 34.1 Å². The van der Waals surface area contributed by atoms with Crippen molar-refractivity contribution in [1.29, 1.82) is 0 Å². The Hall–Kier alpha value is -2.97. The first-order valence-corrected chi connectivity index (χ1v) is 6.46. The highest BCUT2D eigenvalue weighted by Crippen LogP contribution is 2.25. The molecule has 0 aliphatic heterocycles. The van der Waals surface area contributed by atoms with Gasteiger partial charge in [-0.2, -0.15) is 5.10 Å². The topological polar surface area (TPSA) is 134 Å². The van der Waals surface area contributed by atoms with E-state index in [-0.39, 0.29) is 11.6 Å². The number of nitrogens with one attached hydrogen (secondary N) is 2. The minimum atomic E-state index is -0.940. The van der Waals surface area contributed by atoms with Gasteiger partial charge in [0.05, 0.1) is 11.1 Å². The number of hydrogen-bond donors (Lipinski definition) is 3. The molecule has 0 radical (unpaired) electrons. The summed E-state index contributed by atoms with van der Waals surface area (Å²) >= 11 is 0. The largest absolute Gasteiger partial charge is 0.502 e. The van der Waals surface area contributed by atoms with Crippen LogP contribution in [0.3, 0.4) is 0 Å². The Morgan fingerprint density at radius 3 is 2.73 bits per heavy atom. The van der Waals surface area contributed by atoms with E-state index in [0.717, 1.165) is 18.3 Å². The summed E-state index contributed by atoms with van der Waals surface area (Å²) in [6, 6.07) is 3.46. The Bertz CT molecular complexity index is 614. The average Bonchev–Trinajstić information content (AvgIpc) is 2.48. The lowest BCUT2D eigenvalue weighted by Crippen LogP contribution is -2.41. The first kappa shape index (κ1) is 17.1. The molecular formula is C13H16N4O5. The number of benzene rings is 1. The monoisotopic (exact) mass is 308 g/mol. The van der Waals surface area contributed by atoms with E-state index in [9.17, 15) is 24.8 Å². The normalized spacial score (nSPS) is 11.9. The summed E-state index contributed by atoms with van der Waals surface area (Å²) < 4.78 is 0. The number of rotatable bonds is 5. The predicted molar refractivity (Wildman–Crippen MR) is 78.4 cm³/mol. The van der Waals surface area contributed by atoms with E-state index in [1.54, 1.807) is 6.92 Å². The molecule has 0 aromatic heterocycles. The summed E-state index contributed by atoms with van der Waals surface area (Å²) in [6.07, 6.45) is 1.81. The number of phenolic OH excluding ortho intramolecular Hbond substituents is 1. The molecule has 1 aromatic rings. The highest BCUT2D eigenvalue weighted by Gasteiger charge is 2.15. The summed E-state index contributed by atoms with van der Waals surface area (Å²) in [5.41, 5.74) is 1.81. The number of phenols is 1. The minimum absolute atomic E-state index is 0.137. The Balaban J connectivity index is 2.66. The second-order valence-electron chi connectivity index (χ2n) is 4.49. The maximum Gasteiger partial charge on any atom is 0.329 e. The van der Waals surface area contributed by atoms with Gasteiger partial charge < -0.3 is 10.4 Å². The van der Waals surface area contributed by atoms with Crippen LogP contribution in [0.25, 0.3) is 0 Å². The summed E-state index contributed by atoms with van der Waals surface area (Å²) in [6.45, 7) is 3.61. The number of aromatic hydroxyl groups is 1. The van der Waals surface area contributed by atoms with Crippen LogP contribution in [0.1, 0.15) is 25.8 Å². The Labute approximate surface area is 126 Å². The van der Waals surface area contributed by atoms with E-state index < -0.39 is 28.2 Å². The molecule has 0 unspecified atom stereocenters. The molecular weight excluding hydrogens is 292 g/mol. The fraction of sp³-hybridized carbons (Fsp3) is 0.308. The van der Waals surface area contributed by atoms with Crippen molar-refractivity contribution in [3.63, 3.8) is 0 Å². The van der Waals surface area contributed by atoms with Crippen molar-refractivity contribution in [2.24, 2.45) is 5.10 Å². The third-order valence-corrected chi connectivity index (χ3v) is 2.77. The maximum atomic E-state index is 11.4. The van der Waals surface area contributed by atoms with E-state index >= 15 is 0 Å². The lowest BCUT2D eigenvalue weighted by molar-refractivity contribution is -0.385. The van der Waals surface area contributed by atoms with Gasteiger partial charge in [-0.3, -0.25) is 19.7 Å². The van der Waals surface area contributed by atoms with Gasteiger partial charge in [-0.05, 0) is 25.5 Å². The third-order valence-electron chi connectivity index (χ3n) is 2.77. The quantitative estimate of drug-likeness (QED) is 0.318. The van der Waals surface area contributed by atoms with Gasteiger partial charge >= 0.3 is 17.5 Å². The summed E-state index contributed by atoms with van der Waals surface area (Å²) in [4.78, 5) is 32.8. The summed E-state index contributed by atoms with van der Waals surface area (Å²) in [7, 11) is 0. The fourth-order valence-electron chi connectivity index (χ4n) is 1.37. The van der Waals surface area contributed by atoms with Gasteiger partial charge in [-0.25, -0.2) is 5.43 Å². The standard InChI is InChI=1S/C13H16N4O5/c1-3-8(2)15-12(19)13(20)16-14-7-9-4-5-11(18)10(6-9)17(21)22/h4-8,18H,3H2,1-2H3,(H,15,19)(H,16,20)/b14-7-/t8-/m1/s1. The minimum Gasteiger partial charge on any atom is -0.502 e. The van der Waals surface area contributed by atoms with Crippen LogP contribution >= 0.6 is 0 Å². The lowest BCUT2D eigenvalue weighted by Gasteiger charge is -2.09. The molecule has 2 amide bonds. The molecule has 0 fully saturated rings. The van der Waals surface area contributed by atoms with E-state index in [1.165, 1.54) is 6.07 Å². The highest BCUT2D eigenvalue weighted by atomic mass is 16.6. The Morgan fingerprint density at radius 1 is 1.45 bits per heavy atom. The molecule has 3 N–H and O–H groups in total. The number of hydrogen-bond acceptors (Lipinski definition) is 6. The van der Waals surface area contributed by atoms with Crippen molar-refractivity contribution in [3.8, 4) is 5.75 Å². The first-order valence-electron chi connectivity index (χ1n) is 6.46. The number of amides is 2. The van der Waals surface area contributed by atoms with Gasteiger partial charge in [0.1, 0.15) is 0 Å². The molecule has 0 spiro atoms. The van der Waals surface area contributed by atoms with Crippen molar-refractivity contribution in [2.75, 3.05) is 0 Å². The van der Waals surface area contributed by atoms with Crippen LogP contribution in [0, 0.1) is 10.1 Å². The molecule has 9 heteroatoms. The summed E-state index contributed by atoms with van der Waals surface area (Å²) in [5.74, 6) is -2.23. The molecule has 118 valence electrons. The number of carbonyl (C=O) groups is 2. The van der Waals surface area contributed by atoms with Gasteiger partial charge in [0.15, 0.2) is 5.75 Å². The summed E-state index contributed by atoms with van der Waals surface area (Å²) in [5, 5.41) is 25.9. The van der Waals surface area contributed by atoms with Gasteiger partial charge in [-0.1, -0.05) is 6.92 Å². The first-order chi connectivity index (χ1) is 10.3. The van der Waals surface area contributed by atoms with E-state index in [4.69, 9.17) is 0 Å². The van der Waals surface area contributed by atoms with E-state index in [2.05, 4.69) is 10.4 Å². The van der Waals surface area contributed by atoms with Crippen molar-refractivity contribution < 1.29 is 19.6 Å². The highest BCUT2D eigenvalue weighted by molar-refractivity contribution is 6.35. The zero-order valence-electron chi connectivity index (χ0n) is 12.1. The van der Waals surface area contributed by atoms with Crippen molar-refractivity contribution >= 4 is 23.7 Å². The van der Waals surface area contributed by atoms with Crippen LogP contribution in [0.5, 0.6) is 5.75 Å². The molecule has 0 saturated heterocycles. The van der Waals surface area contributed by atoms with Crippen LogP contribution in [0.2, 0.25) is 0 Å². The van der Waals surface area contributed by atoms with Crippen LogP contribution in [0.4, 0.5) is 5.69 Å². The second kappa shape index (κ2) is 7.72.